The van der Waals surface area contributed by atoms with Crippen molar-refractivity contribution >= 4 is 28.5 Å². The van der Waals surface area contributed by atoms with E-state index in [4.69, 9.17) is 5.73 Å². The third-order valence-electron chi connectivity index (χ3n) is 3.97. The molecule has 0 aliphatic carbocycles. The Morgan fingerprint density at radius 3 is 3.20 bits per heavy atom. The number of nitrogens with one attached hydrogen (secondary N) is 1. The van der Waals surface area contributed by atoms with Crippen LogP contribution in [0.15, 0.2) is 18.5 Å². The molecule has 108 valence electrons. The number of aromatic nitrogens is 2. The lowest BCUT2D eigenvalue weighted by Gasteiger charge is -2.14. The first-order valence-corrected chi connectivity index (χ1v) is 8.18. The molecule has 2 aromatic heterocycles. The molecule has 0 saturated carbocycles. The molecule has 1 aliphatic heterocycles. The van der Waals surface area contributed by atoms with Gasteiger partial charge in [0.15, 0.2) is 0 Å². The second kappa shape index (κ2) is 5.63. The van der Waals surface area contributed by atoms with Gasteiger partial charge >= 0.3 is 0 Å². The number of pyridine rings is 1. The third kappa shape index (κ3) is 2.51. The third-order valence-corrected chi connectivity index (χ3v) is 4.74. The standard InChI is InChI=1S/C14H20N4OS/c1-20-8-10-6-18(7-12(10)19)5-9-4-17-13-11(9)2-3-16-14(13)15/h2-4,10,12,17,19H,5-8H2,1H3,(H2,15,16)/t10-,12+/m1/s1. The Morgan fingerprint density at radius 1 is 1.55 bits per heavy atom. The molecular weight excluding hydrogens is 272 g/mol. The molecule has 0 amide bonds. The number of nitrogens with two attached hydrogens (primary N) is 1. The molecule has 0 radical (unpaired) electrons. The van der Waals surface area contributed by atoms with Crippen molar-refractivity contribution in [1.29, 1.82) is 0 Å². The first kappa shape index (κ1) is 13.7. The summed E-state index contributed by atoms with van der Waals surface area (Å²) in [5.41, 5.74) is 7.98. The van der Waals surface area contributed by atoms with Crippen molar-refractivity contribution in [3.63, 3.8) is 0 Å². The summed E-state index contributed by atoms with van der Waals surface area (Å²) >= 11 is 1.80. The second-order valence-corrected chi connectivity index (χ2v) is 6.32. The van der Waals surface area contributed by atoms with Gasteiger partial charge in [0.25, 0.3) is 0 Å². The van der Waals surface area contributed by atoms with Gasteiger partial charge in [0.2, 0.25) is 0 Å². The van der Waals surface area contributed by atoms with E-state index < -0.39 is 0 Å². The number of nitrogens with zero attached hydrogens (tertiary/aromatic N) is 2. The van der Waals surface area contributed by atoms with Gasteiger partial charge in [-0.2, -0.15) is 11.8 Å². The highest BCUT2D eigenvalue weighted by atomic mass is 32.2. The molecule has 4 N–H and O–H groups in total. The summed E-state index contributed by atoms with van der Waals surface area (Å²) in [5, 5.41) is 11.2. The Morgan fingerprint density at radius 2 is 2.40 bits per heavy atom. The van der Waals surface area contributed by atoms with Crippen LogP contribution in [-0.4, -0.2) is 51.2 Å². The lowest BCUT2D eigenvalue weighted by Crippen LogP contribution is -2.21. The van der Waals surface area contributed by atoms with Gasteiger partial charge in [0.1, 0.15) is 5.82 Å². The van der Waals surface area contributed by atoms with Gasteiger partial charge in [-0.25, -0.2) is 4.98 Å². The van der Waals surface area contributed by atoms with Crippen LogP contribution >= 0.6 is 11.8 Å². The smallest absolute Gasteiger partial charge is 0.147 e. The lowest BCUT2D eigenvalue weighted by molar-refractivity contribution is 0.149. The van der Waals surface area contributed by atoms with Crippen LogP contribution in [0.25, 0.3) is 10.9 Å². The zero-order valence-electron chi connectivity index (χ0n) is 11.5. The number of H-pyrrole nitrogens is 1. The summed E-state index contributed by atoms with van der Waals surface area (Å²) in [5.74, 6) is 1.93. The number of aromatic amines is 1. The maximum absolute atomic E-state index is 10.1. The molecule has 0 bridgehead atoms. The number of anilines is 1. The maximum atomic E-state index is 10.1. The highest BCUT2D eigenvalue weighted by Crippen LogP contribution is 2.26. The molecule has 0 unspecified atom stereocenters. The summed E-state index contributed by atoms with van der Waals surface area (Å²) in [4.78, 5) is 9.60. The minimum Gasteiger partial charge on any atom is -0.391 e. The van der Waals surface area contributed by atoms with Crippen molar-refractivity contribution in [3.05, 3.63) is 24.0 Å². The fourth-order valence-electron chi connectivity index (χ4n) is 2.95. The van der Waals surface area contributed by atoms with Crippen LogP contribution in [0.1, 0.15) is 5.56 Å². The number of aliphatic hydroxyl groups excluding tert-OH is 1. The largest absolute Gasteiger partial charge is 0.391 e. The highest BCUT2D eigenvalue weighted by Gasteiger charge is 2.30. The van der Waals surface area contributed by atoms with Crippen LogP contribution in [0.3, 0.4) is 0 Å². The monoisotopic (exact) mass is 292 g/mol. The van der Waals surface area contributed by atoms with E-state index in [0.29, 0.717) is 11.7 Å². The number of likely N-dealkylation sites (tertiary alicyclic amines) is 1. The first-order valence-electron chi connectivity index (χ1n) is 6.79. The average molecular weight is 292 g/mol. The number of aliphatic hydroxyl groups is 1. The van der Waals surface area contributed by atoms with Crippen LogP contribution < -0.4 is 5.73 Å². The Kier molecular flexibility index (Phi) is 3.87. The molecule has 3 heterocycles. The van der Waals surface area contributed by atoms with Crippen LogP contribution in [0.5, 0.6) is 0 Å². The molecule has 3 rings (SSSR count). The highest BCUT2D eigenvalue weighted by molar-refractivity contribution is 7.98. The summed E-state index contributed by atoms with van der Waals surface area (Å²) in [6.45, 7) is 2.54. The number of hydrogen-bond acceptors (Lipinski definition) is 5. The minimum absolute atomic E-state index is 0.209. The molecule has 5 nitrogen and oxygen atoms in total. The zero-order chi connectivity index (χ0) is 14.1. The van der Waals surface area contributed by atoms with Crippen molar-refractivity contribution in [2.75, 3.05) is 30.8 Å². The Balaban J connectivity index is 1.76. The predicted molar refractivity (Wildman–Crippen MR) is 83.7 cm³/mol. The molecule has 2 atom stereocenters. The van der Waals surface area contributed by atoms with Gasteiger partial charge in [-0.15, -0.1) is 0 Å². The number of rotatable bonds is 4. The van der Waals surface area contributed by atoms with Gasteiger partial charge in [0, 0.05) is 43.3 Å². The number of thioether (sulfide) groups is 1. The number of β-amino-alcohol motifs (C(OH)–C–C–N with tert-alkyl or cyclic N) is 1. The van der Waals surface area contributed by atoms with Crippen LogP contribution in [0, 0.1) is 5.92 Å². The molecule has 1 saturated heterocycles. The maximum Gasteiger partial charge on any atom is 0.147 e. The van der Waals surface area contributed by atoms with Gasteiger partial charge in [-0.1, -0.05) is 0 Å². The van der Waals surface area contributed by atoms with E-state index in [1.165, 1.54) is 5.56 Å². The van der Waals surface area contributed by atoms with E-state index in [2.05, 4.69) is 21.1 Å². The van der Waals surface area contributed by atoms with Gasteiger partial charge in [-0.3, -0.25) is 4.90 Å². The zero-order valence-corrected chi connectivity index (χ0v) is 12.4. The number of nitrogen functional groups attached to an aromatic ring is 1. The quantitative estimate of drug-likeness (QED) is 0.792. The molecule has 1 fully saturated rings. The Hall–Kier alpha value is -1.24. The van der Waals surface area contributed by atoms with E-state index in [-0.39, 0.29) is 6.10 Å². The second-order valence-electron chi connectivity index (χ2n) is 5.41. The van der Waals surface area contributed by atoms with E-state index in [1.54, 1.807) is 18.0 Å². The molecule has 2 aromatic rings. The van der Waals surface area contributed by atoms with E-state index >= 15 is 0 Å². The Bertz CT molecular complexity index is 600. The van der Waals surface area contributed by atoms with Crippen molar-refractivity contribution in [2.45, 2.75) is 12.6 Å². The van der Waals surface area contributed by atoms with Crippen molar-refractivity contribution in [1.82, 2.24) is 14.9 Å². The van der Waals surface area contributed by atoms with Crippen LogP contribution in [0.2, 0.25) is 0 Å². The Labute approximate surface area is 122 Å². The molecule has 1 aliphatic rings. The topological polar surface area (TPSA) is 78.2 Å². The summed E-state index contributed by atoms with van der Waals surface area (Å²) < 4.78 is 0. The number of fused-ring (bicyclic) bond motifs is 1. The summed E-state index contributed by atoms with van der Waals surface area (Å²) in [6.07, 6.45) is 5.62. The molecular formula is C14H20N4OS. The fraction of sp³-hybridized carbons (Fsp3) is 0.500. The van der Waals surface area contributed by atoms with Gasteiger partial charge in [0.05, 0.1) is 11.6 Å². The van der Waals surface area contributed by atoms with E-state index in [0.717, 1.165) is 36.3 Å². The van der Waals surface area contributed by atoms with E-state index in [1.807, 2.05) is 12.3 Å². The normalized spacial score (nSPS) is 23.7. The fourth-order valence-corrected chi connectivity index (χ4v) is 3.71. The molecule has 6 heteroatoms. The van der Waals surface area contributed by atoms with E-state index in [9.17, 15) is 5.11 Å². The first-order chi connectivity index (χ1) is 9.69. The van der Waals surface area contributed by atoms with Crippen LogP contribution in [0.4, 0.5) is 5.82 Å². The molecule has 20 heavy (non-hydrogen) atoms. The summed E-state index contributed by atoms with van der Waals surface area (Å²) in [6, 6.07) is 1.99. The van der Waals surface area contributed by atoms with Crippen molar-refractivity contribution < 1.29 is 5.11 Å². The average Bonchev–Trinajstić information content (AvgIpc) is 2.97. The van der Waals surface area contributed by atoms with Gasteiger partial charge in [-0.05, 0) is 23.6 Å². The van der Waals surface area contributed by atoms with Gasteiger partial charge < -0.3 is 15.8 Å². The minimum atomic E-state index is -0.209. The van der Waals surface area contributed by atoms with Crippen molar-refractivity contribution in [2.24, 2.45) is 5.92 Å². The van der Waals surface area contributed by atoms with Crippen molar-refractivity contribution in [3.8, 4) is 0 Å². The predicted octanol–water partition coefficient (Wildman–Crippen LogP) is 1.30. The lowest BCUT2D eigenvalue weighted by atomic mass is 10.1. The SMILES string of the molecule is CSC[C@H]1CN(Cc2c[nH]c3c(N)nccc23)C[C@@H]1O. The molecule has 0 aromatic carbocycles. The number of hydrogen-bond donors (Lipinski definition) is 3. The summed E-state index contributed by atoms with van der Waals surface area (Å²) in [7, 11) is 0. The van der Waals surface area contributed by atoms with Crippen LogP contribution in [-0.2, 0) is 6.54 Å². The molecule has 0 spiro atoms.